The fourth-order valence-electron chi connectivity index (χ4n) is 1.10. The summed E-state index contributed by atoms with van der Waals surface area (Å²) in [6.07, 6.45) is -0.181. The van der Waals surface area contributed by atoms with Gasteiger partial charge in [0, 0.05) is 18.8 Å². The van der Waals surface area contributed by atoms with Crippen LogP contribution in [0.2, 0.25) is 0 Å². The number of esters is 2. The molecule has 0 heterocycles. The normalized spacial score (nSPS) is 10.0. The molecular weight excluding hydrogens is 252 g/mol. The van der Waals surface area contributed by atoms with E-state index in [0.29, 0.717) is 26.4 Å². The quantitative estimate of drug-likeness (QED) is 0.319. The number of hydrogen-bond donors (Lipinski definition) is 0. The molecule has 0 bridgehead atoms. The lowest BCUT2D eigenvalue weighted by atomic mass is 10.2. The average molecular weight is 274 g/mol. The van der Waals surface area contributed by atoms with Crippen molar-refractivity contribution in [1.29, 1.82) is 0 Å². The van der Waals surface area contributed by atoms with Crippen LogP contribution in [0.15, 0.2) is 12.2 Å². The predicted molar refractivity (Wildman–Crippen MR) is 68.7 cm³/mol. The van der Waals surface area contributed by atoms with E-state index in [1.54, 1.807) is 0 Å². The second-order valence-corrected chi connectivity index (χ2v) is 3.53. The lowest BCUT2D eigenvalue weighted by Crippen LogP contribution is -2.16. The molecule has 110 valence electrons. The van der Waals surface area contributed by atoms with Crippen LogP contribution < -0.4 is 0 Å². The molecule has 0 atom stereocenters. The third kappa shape index (κ3) is 10.2. The monoisotopic (exact) mass is 274 g/mol. The standard InChI is InChI=1S/C13H22O6/c1-4-16-6-8-18-12(14)10-11(3)13(15)19-9-7-17-5-2/h3-10H2,1-2H3. The molecule has 0 aromatic rings. The van der Waals surface area contributed by atoms with Gasteiger partial charge in [0.05, 0.1) is 19.6 Å². The van der Waals surface area contributed by atoms with Crippen molar-refractivity contribution < 1.29 is 28.5 Å². The Hall–Kier alpha value is -1.40. The zero-order valence-corrected chi connectivity index (χ0v) is 11.6. The Morgan fingerprint density at radius 1 is 0.895 bits per heavy atom. The van der Waals surface area contributed by atoms with E-state index in [0.717, 1.165) is 0 Å². The Morgan fingerprint density at radius 2 is 1.42 bits per heavy atom. The summed E-state index contributed by atoms with van der Waals surface area (Å²) in [6.45, 7) is 9.29. The van der Waals surface area contributed by atoms with Crippen LogP contribution in [0.3, 0.4) is 0 Å². The van der Waals surface area contributed by atoms with Gasteiger partial charge in [-0.25, -0.2) is 4.79 Å². The van der Waals surface area contributed by atoms with E-state index in [9.17, 15) is 9.59 Å². The summed E-state index contributed by atoms with van der Waals surface area (Å²) >= 11 is 0. The van der Waals surface area contributed by atoms with Gasteiger partial charge < -0.3 is 18.9 Å². The molecule has 0 rings (SSSR count). The molecule has 6 nitrogen and oxygen atoms in total. The van der Waals surface area contributed by atoms with Crippen molar-refractivity contribution in [1.82, 2.24) is 0 Å². The highest BCUT2D eigenvalue weighted by molar-refractivity contribution is 5.93. The van der Waals surface area contributed by atoms with Crippen molar-refractivity contribution in [2.24, 2.45) is 0 Å². The first-order valence-electron chi connectivity index (χ1n) is 6.27. The summed E-state index contributed by atoms with van der Waals surface area (Å²) in [5.41, 5.74) is 0.0675. The molecule has 0 fully saturated rings. The van der Waals surface area contributed by atoms with Crippen LogP contribution in [-0.2, 0) is 28.5 Å². The molecule has 0 spiro atoms. The first kappa shape index (κ1) is 17.6. The molecule has 0 aliphatic heterocycles. The molecule has 0 aromatic heterocycles. The molecule has 0 saturated heterocycles. The van der Waals surface area contributed by atoms with Crippen LogP contribution in [-0.4, -0.2) is 51.6 Å². The third-order valence-electron chi connectivity index (χ3n) is 2.01. The Bertz CT molecular complexity index is 287. The molecule has 0 N–H and O–H groups in total. The zero-order valence-electron chi connectivity index (χ0n) is 11.6. The van der Waals surface area contributed by atoms with Gasteiger partial charge in [0.2, 0.25) is 0 Å². The van der Waals surface area contributed by atoms with E-state index >= 15 is 0 Å². The summed E-state index contributed by atoms with van der Waals surface area (Å²) in [5, 5.41) is 0. The van der Waals surface area contributed by atoms with Crippen molar-refractivity contribution in [3.05, 3.63) is 12.2 Å². The molecule has 0 radical (unpaired) electrons. The van der Waals surface area contributed by atoms with Crippen molar-refractivity contribution in [3.63, 3.8) is 0 Å². The predicted octanol–water partition coefficient (Wildman–Crippen LogP) is 1.09. The minimum atomic E-state index is -0.610. The van der Waals surface area contributed by atoms with Crippen molar-refractivity contribution in [3.8, 4) is 0 Å². The number of rotatable bonds is 11. The van der Waals surface area contributed by atoms with E-state index in [1.165, 1.54) is 0 Å². The van der Waals surface area contributed by atoms with Gasteiger partial charge in [0.25, 0.3) is 0 Å². The van der Waals surface area contributed by atoms with Crippen LogP contribution in [0.25, 0.3) is 0 Å². The first-order chi connectivity index (χ1) is 9.11. The molecule has 0 aromatic carbocycles. The van der Waals surface area contributed by atoms with Crippen LogP contribution in [0.1, 0.15) is 20.3 Å². The maximum atomic E-state index is 11.4. The lowest BCUT2D eigenvalue weighted by Gasteiger charge is -2.07. The average Bonchev–Trinajstić information content (AvgIpc) is 2.39. The summed E-state index contributed by atoms with van der Waals surface area (Å²) in [4.78, 5) is 22.7. The zero-order chi connectivity index (χ0) is 14.5. The Labute approximate surface area is 113 Å². The van der Waals surface area contributed by atoms with Gasteiger partial charge in [-0.05, 0) is 13.8 Å². The van der Waals surface area contributed by atoms with Crippen molar-refractivity contribution in [2.45, 2.75) is 20.3 Å². The number of hydrogen-bond acceptors (Lipinski definition) is 6. The fraction of sp³-hybridized carbons (Fsp3) is 0.692. The fourth-order valence-corrected chi connectivity index (χ4v) is 1.10. The lowest BCUT2D eigenvalue weighted by molar-refractivity contribution is -0.147. The van der Waals surface area contributed by atoms with E-state index in [-0.39, 0.29) is 25.2 Å². The SMILES string of the molecule is C=C(CC(=O)OCCOCC)C(=O)OCCOCC. The highest BCUT2D eigenvalue weighted by Crippen LogP contribution is 2.03. The third-order valence-corrected chi connectivity index (χ3v) is 2.01. The van der Waals surface area contributed by atoms with Gasteiger partial charge in [-0.2, -0.15) is 0 Å². The van der Waals surface area contributed by atoms with Gasteiger partial charge in [-0.3, -0.25) is 4.79 Å². The van der Waals surface area contributed by atoms with Crippen LogP contribution in [0.5, 0.6) is 0 Å². The molecule has 0 aliphatic carbocycles. The molecule has 6 heteroatoms. The molecule has 0 unspecified atom stereocenters. The van der Waals surface area contributed by atoms with Gasteiger partial charge >= 0.3 is 11.9 Å². The maximum Gasteiger partial charge on any atom is 0.334 e. The first-order valence-corrected chi connectivity index (χ1v) is 6.27. The van der Waals surface area contributed by atoms with Gasteiger partial charge in [-0.15, -0.1) is 0 Å². The summed E-state index contributed by atoms with van der Waals surface area (Å²) in [5.74, 6) is -1.13. The number of carbonyl (C=O) groups is 2. The van der Waals surface area contributed by atoms with Gasteiger partial charge in [0.15, 0.2) is 0 Å². The molecule has 19 heavy (non-hydrogen) atoms. The van der Waals surface area contributed by atoms with Crippen LogP contribution >= 0.6 is 0 Å². The van der Waals surface area contributed by atoms with E-state index in [4.69, 9.17) is 18.9 Å². The van der Waals surface area contributed by atoms with Crippen LogP contribution in [0, 0.1) is 0 Å². The molecular formula is C13H22O6. The van der Waals surface area contributed by atoms with Gasteiger partial charge in [0.1, 0.15) is 13.2 Å². The number of ether oxygens (including phenoxy) is 4. The largest absolute Gasteiger partial charge is 0.463 e. The minimum Gasteiger partial charge on any atom is -0.463 e. The second-order valence-electron chi connectivity index (χ2n) is 3.53. The summed E-state index contributed by atoms with van der Waals surface area (Å²) < 4.78 is 19.7. The molecule has 0 aliphatic rings. The maximum absolute atomic E-state index is 11.4. The minimum absolute atomic E-state index is 0.0675. The van der Waals surface area contributed by atoms with Crippen molar-refractivity contribution in [2.75, 3.05) is 39.6 Å². The van der Waals surface area contributed by atoms with Crippen LogP contribution in [0.4, 0.5) is 0 Å². The van der Waals surface area contributed by atoms with Crippen molar-refractivity contribution >= 4 is 11.9 Å². The highest BCUT2D eigenvalue weighted by atomic mass is 16.6. The highest BCUT2D eigenvalue weighted by Gasteiger charge is 2.14. The van der Waals surface area contributed by atoms with E-state index in [1.807, 2.05) is 13.8 Å². The smallest absolute Gasteiger partial charge is 0.334 e. The summed E-state index contributed by atoms with van der Waals surface area (Å²) in [6, 6.07) is 0. The topological polar surface area (TPSA) is 71.1 Å². The molecule has 0 amide bonds. The Morgan fingerprint density at radius 3 is 1.95 bits per heavy atom. The summed E-state index contributed by atoms with van der Waals surface area (Å²) in [7, 11) is 0. The second kappa shape index (κ2) is 11.7. The van der Waals surface area contributed by atoms with Gasteiger partial charge in [-0.1, -0.05) is 6.58 Å². The number of carbonyl (C=O) groups excluding carboxylic acids is 2. The Balaban J connectivity index is 3.70. The Kier molecular flexibility index (Phi) is 10.8. The molecule has 0 saturated carbocycles. The van der Waals surface area contributed by atoms with E-state index in [2.05, 4.69) is 6.58 Å². The van der Waals surface area contributed by atoms with E-state index < -0.39 is 11.9 Å².